The van der Waals surface area contributed by atoms with E-state index in [0.29, 0.717) is 0 Å². The van der Waals surface area contributed by atoms with Crippen molar-refractivity contribution in [3.63, 3.8) is 0 Å². The summed E-state index contributed by atoms with van der Waals surface area (Å²) in [7, 11) is -1.82. The molecule has 0 aliphatic rings. The van der Waals surface area contributed by atoms with Crippen molar-refractivity contribution >= 4 is 22.2 Å². The minimum atomic E-state index is -3.43. The Hall–Kier alpha value is -0.590. The summed E-state index contributed by atoms with van der Waals surface area (Å²) < 4.78 is 24.2. The van der Waals surface area contributed by atoms with Crippen LogP contribution < -0.4 is 5.73 Å². The van der Waals surface area contributed by atoms with Gasteiger partial charge in [0.05, 0.1) is 0 Å². The predicted molar refractivity (Wildman–Crippen MR) is 51.3 cm³/mol. The molecule has 0 amide bonds. The number of rotatable bonds is 2. The summed E-state index contributed by atoms with van der Waals surface area (Å²) >= 11 is 0. The Morgan fingerprint density at radius 1 is 1.62 bits per heavy atom. The molecule has 2 N–H and O–H groups in total. The Bertz CT molecular complexity index is 371. The van der Waals surface area contributed by atoms with E-state index in [2.05, 4.69) is 4.98 Å². The summed E-state index contributed by atoms with van der Waals surface area (Å²) in [5, 5.41) is -0.906. The van der Waals surface area contributed by atoms with Crippen LogP contribution >= 0.6 is 12.4 Å². The minimum Gasteiger partial charge on any atom is -0.325 e. The maximum absolute atomic E-state index is 11.4. The van der Waals surface area contributed by atoms with Crippen molar-refractivity contribution in [1.29, 1.82) is 0 Å². The van der Waals surface area contributed by atoms with Crippen LogP contribution in [0, 0.1) is 0 Å². The molecule has 0 saturated carbocycles. The van der Waals surface area contributed by atoms with E-state index in [1.165, 1.54) is 17.7 Å². The van der Waals surface area contributed by atoms with Gasteiger partial charge in [0.2, 0.25) is 15.0 Å². The van der Waals surface area contributed by atoms with Gasteiger partial charge in [0.1, 0.15) is 5.37 Å². The number of aromatic nitrogens is 2. The van der Waals surface area contributed by atoms with Crippen molar-refractivity contribution in [2.24, 2.45) is 12.8 Å². The van der Waals surface area contributed by atoms with Crippen molar-refractivity contribution in [3.05, 3.63) is 12.4 Å². The van der Waals surface area contributed by atoms with E-state index >= 15 is 0 Å². The van der Waals surface area contributed by atoms with Crippen LogP contribution in [0.2, 0.25) is 0 Å². The Balaban J connectivity index is 0.00000144. The number of nitrogens with two attached hydrogens (primary N) is 1. The van der Waals surface area contributed by atoms with Gasteiger partial charge in [0.15, 0.2) is 0 Å². The maximum Gasteiger partial charge on any atom is 0.228 e. The Morgan fingerprint density at radius 3 is 2.46 bits per heavy atom. The molecular weight excluding hydrogens is 214 g/mol. The smallest absolute Gasteiger partial charge is 0.228 e. The second-order valence-corrected chi connectivity index (χ2v) is 4.77. The molecule has 0 bridgehead atoms. The van der Waals surface area contributed by atoms with Gasteiger partial charge in [-0.2, -0.15) is 0 Å². The lowest BCUT2D eigenvalue weighted by molar-refractivity contribution is 0.568. The summed E-state index contributed by atoms with van der Waals surface area (Å²) in [5.74, 6) is 0. The third-order valence-corrected chi connectivity index (χ3v) is 3.40. The van der Waals surface area contributed by atoms with E-state index in [-0.39, 0.29) is 17.6 Å². The van der Waals surface area contributed by atoms with Crippen LogP contribution in [-0.2, 0) is 16.9 Å². The van der Waals surface area contributed by atoms with E-state index in [1.807, 2.05) is 0 Å². The molecule has 0 aliphatic heterocycles. The lowest BCUT2D eigenvalue weighted by Crippen LogP contribution is -2.28. The number of hydrogen-bond acceptors (Lipinski definition) is 4. The van der Waals surface area contributed by atoms with Gasteiger partial charge in [-0.15, -0.1) is 12.4 Å². The highest BCUT2D eigenvalue weighted by Gasteiger charge is 2.23. The molecule has 76 valence electrons. The highest BCUT2D eigenvalue weighted by Crippen LogP contribution is 2.08. The normalized spacial score (nSPS) is 13.5. The fraction of sp³-hybridized carbons (Fsp3) is 0.500. The zero-order chi connectivity index (χ0) is 9.35. The fourth-order valence-electron chi connectivity index (χ4n) is 0.792. The topological polar surface area (TPSA) is 78.0 Å². The van der Waals surface area contributed by atoms with Crippen LogP contribution in [0.1, 0.15) is 6.92 Å². The van der Waals surface area contributed by atoms with Crippen molar-refractivity contribution in [1.82, 2.24) is 9.55 Å². The standard InChI is InChI=1S/C6H11N3O2S.ClH/c1-5(7)12(10,11)6-8-3-4-9(6)2;/h3-5H,7H2,1-2H3;1H. The third kappa shape index (κ3) is 2.20. The number of nitrogens with zero attached hydrogens (tertiary/aromatic N) is 2. The Labute approximate surface area is 83.3 Å². The van der Waals surface area contributed by atoms with Gasteiger partial charge in [0.25, 0.3) is 0 Å². The molecule has 1 rings (SSSR count). The highest BCUT2D eigenvalue weighted by atomic mass is 35.5. The lowest BCUT2D eigenvalue weighted by Gasteiger charge is -2.06. The minimum absolute atomic E-state index is 0. The molecule has 1 unspecified atom stereocenters. The van der Waals surface area contributed by atoms with Crippen LogP contribution in [0.25, 0.3) is 0 Å². The molecule has 0 aliphatic carbocycles. The number of aryl methyl sites for hydroxylation is 1. The van der Waals surface area contributed by atoms with E-state index in [1.54, 1.807) is 13.2 Å². The van der Waals surface area contributed by atoms with Crippen molar-refractivity contribution in [3.8, 4) is 0 Å². The molecular formula is C6H12ClN3O2S. The summed E-state index contributed by atoms with van der Waals surface area (Å²) in [5.41, 5.74) is 5.29. The van der Waals surface area contributed by atoms with Crippen LogP contribution in [-0.4, -0.2) is 23.3 Å². The molecule has 1 heterocycles. The van der Waals surface area contributed by atoms with Gasteiger partial charge < -0.3 is 10.3 Å². The van der Waals surface area contributed by atoms with Crippen molar-refractivity contribution in [2.75, 3.05) is 0 Å². The van der Waals surface area contributed by atoms with Crippen LogP contribution in [0.15, 0.2) is 17.6 Å². The summed E-state index contributed by atoms with van der Waals surface area (Å²) in [4.78, 5) is 3.70. The van der Waals surface area contributed by atoms with E-state index < -0.39 is 15.2 Å². The van der Waals surface area contributed by atoms with Gasteiger partial charge in [-0.3, -0.25) is 0 Å². The highest BCUT2D eigenvalue weighted by molar-refractivity contribution is 7.91. The van der Waals surface area contributed by atoms with Gasteiger partial charge in [-0.1, -0.05) is 0 Å². The Kier molecular flexibility index (Phi) is 3.89. The van der Waals surface area contributed by atoms with E-state index in [0.717, 1.165) is 0 Å². The molecule has 0 radical (unpaired) electrons. The fourth-order valence-corrected chi connectivity index (χ4v) is 1.79. The largest absolute Gasteiger partial charge is 0.325 e. The van der Waals surface area contributed by atoms with E-state index in [9.17, 15) is 8.42 Å². The molecule has 13 heavy (non-hydrogen) atoms. The quantitative estimate of drug-likeness (QED) is 0.764. The van der Waals surface area contributed by atoms with Gasteiger partial charge >= 0.3 is 0 Å². The molecule has 1 aromatic rings. The molecule has 5 nitrogen and oxygen atoms in total. The van der Waals surface area contributed by atoms with E-state index in [4.69, 9.17) is 5.73 Å². The average molecular weight is 226 g/mol. The third-order valence-electron chi connectivity index (χ3n) is 1.52. The first-order chi connectivity index (χ1) is 5.46. The number of imidazole rings is 1. The zero-order valence-corrected chi connectivity index (χ0v) is 8.97. The first-order valence-corrected chi connectivity index (χ1v) is 4.97. The molecule has 7 heteroatoms. The second kappa shape index (κ2) is 4.08. The Morgan fingerprint density at radius 2 is 2.15 bits per heavy atom. The van der Waals surface area contributed by atoms with Gasteiger partial charge in [-0.25, -0.2) is 13.4 Å². The van der Waals surface area contributed by atoms with Crippen LogP contribution in [0.5, 0.6) is 0 Å². The maximum atomic E-state index is 11.4. The molecule has 0 saturated heterocycles. The SMILES string of the molecule is CC(N)S(=O)(=O)c1nccn1C.Cl. The molecule has 0 fully saturated rings. The molecule has 0 aromatic carbocycles. The molecule has 1 atom stereocenters. The average Bonchev–Trinajstić information content (AvgIpc) is 2.35. The predicted octanol–water partition coefficient (Wildman–Crippen LogP) is -0.0797. The van der Waals surface area contributed by atoms with Crippen LogP contribution in [0.3, 0.4) is 0 Å². The summed E-state index contributed by atoms with van der Waals surface area (Å²) in [6.07, 6.45) is 2.99. The van der Waals surface area contributed by atoms with Crippen molar-refractivity contribution < 1.29 is 8.42 Å². The zero-order valence-electron chi connectivity index (χ0n) is 7.34. The number of sulfone groups is 1. The summed E-state index contributed by atoms with van der Waals surface area (Å²) in [6.45, 7) is 1.42. The molecule has 0 spiro atoms. The number of halogens is 1. The first kappa shape index (κ1) is 12.4. The van der Waals surface area contributed by atoms with Crippen molar-refractivity contribution in [2.45, 2.75) is 17.5 Å². The van der Waals surface area contributed by atoms with Gasteiger partial charge in [0, 0.05) is 19.4 Å². The molecule has 1 aromatic heterocycles. The summed E-state index contributed by atoms with van der Waals surface area (Å²) in [6, 6.07) is 0. The van der Waals surface area contributed by atoms with Gasteiger partial charge in [-0.05, 0) is 6.92 Å². The second-order valence-electron chi connectivity index (χ2n) is 2.57. The number of hydrogen-bond donors (Lipinski definition) is 1. The lowest BCUT2D eigenvalue weighted by atomic mass is 10.8. The first-order valence-electron chi connectivity index (χ1n) is 3.43. The van der Waals surface area contributed by atoms with Crippen LogP contribution in [0.4, 0.5) is 0 Å². The monoisotopic (exact) mass is 225 g/mol.